The molecule has 128 valence electrons. The fourth-order valence-corrected chi connectivity index (χ4v) is 2.39. The molecular formula is C14H15F5N2O2. The van der Waals surface area contributed by atoms with Gasteiger partial charge in [0.25, 0.3) is 0 Å². The molecule has 23 heavy (non-hydrogen) atoms. The van der Waals surface area contributed by atoms with Crippen molar-refractivity contribution in [1.82, 2.24) is 4.98 Å². The molecule has 1 aliphatic heterocycles. The van der Waals surface area contributed by atoms with Crippen molar-refractivity contribution in [2.45, 2.75) is 31.4 Å². The molecule has 0 aliphatic carbocycles. The Morgan fingerprint density at radius 2 is 1.96 bits per heavy atom. The van der Waals surface area contributed by atoms with Crippen LogP contribution >= 0.6 is 0 Å². The lowest BCUT2D eigenvalue weighted by Gasteiger charge is -2.24. The number of pyridine rings is 1. The van der Waals surface area contributed by atoms with Gasteiger partial charge in [0.1, 0.15) is 17.1 Å². The zero-order chi connectivity index (χ0) is 17.3. The Morgan fingerprint density at radius 3 is 2.57 bits per heavy atom. The van der Waals surface area contributed by atoms with Gasteiger partial charge in [-0.25, -0.2) is 18.6 Å². The number of aromatic nitrogens is 1. The van der Waals surface area contributed by atoms with Crippen LogP contribution in [0.1, 0.15) is 35.3 Å². The molecule has 1 aromatic rings. The third-order valence-electron chi connectivity index (χ3n) is 3.59. The summed E-state index contributed by atoms with van der Waals surface area (Å²) in [7, 11) is 1.08. The summed E-state index contributed by atoms with van der Waals surface area (Å²) >= 11 is 0. The lowest BCUT2D eigenvalue weighted by atomic mass is 10.1. The first kappa shape index (κ1) is 17.4. The van der Waals surface area contributed by atoms with Gasteiger partial charge in [0.15, 0.2) is 0 Å². The second-order valence-electron chi connectivity index (χ2n) is 5.25. The molecule has 0 saturated carbocycles. The van der Waals surface area contributed by atoms with E-state index in [4.69, 9.17) is 0 Å². The highest BCUT2D eigenvalue weighted by molar-refractivity contribution is 5.94. The van der Waals surface area contributed by atoms with Gasteiger partial charge in [-0.15, -0.1) is 0 Å². The molecule has 0 spiro atoms. The smallest absolute Gasteiger partial charge is 0.433 e. The molecule has 0 aromatic carbocycles. The monoisotopic (exact) mass is 338 g/mol. The van der Waals surface area contributed by atoms with Crippen LogP contribution in [0.3, 0.4) is 0 Å². The number of rotatable bonds is 2. The number of esters is 1. The van der Waals surface area contributed by atoms with Crippen molar-refractivity contribution in [2.75, 3.05) is 25.1 Å². The van der Waals surface area contributed by atoms with E-state index in [9.17, 15) is 26.7 Å². The summed E-state index contributed by atoms with van der Waals surface area (Å²) in [5.41, 5.74) is -1.36. The summed E-state index contributed by atoms with van der Waals surface area (Å²) < 4.78 is 69.9. The van der Waals surface area contributed by atoms with Gasteiger partial charge in [-0.3, -0.25) is 0 Å². The van der Waals surface area contributed by atoms with Gasteiger partial charge in [-0.05, 0) is 18.6 Å². The second-order valence-corrected chi connectivity index (χ2v) is 5.25. The van der Waals surface area contributed by atoms with E-state index in [1.165, 1.54) is 4.90 Å². The van der Waals surface area contributed by atoms with Gasteiger partial charge < -0.3 is 9.64 Å². The highest BCUT2D eigenvalue weighted by Gasteiger charge is 2.36. The third-order valence-corrected chi connectivity index (χ3v) is 3.59. The zero-order valence-corrected chi connectivity index (χ0v) is 12.3. The van der Waals surface area contributed by atoms with Crippen LogP contribution in [-0.2, 0) is 10.9 Å². The number of carbonyl (C=O) groups excluding carboxylic acids is 1. The summed E-state index contributed by atoms with van der Waals surface area (Å²) in [5, 5.41) is 0. The molecule has 0 N–H and O–H groups in total. The Kier molecular flexibility index (Phi) is 4.76. The minimum absolute atomic E-state index is 0.0888. The molecule has 0 bridgehead atoms. The van der Waals surface area contributed by atoms with Crippen LogP contribution < -0.4 is 4.90 Å². The highest BCUT2D eigenvalue weighted by Crippen LogP contribution is 2.33. The van der Waals surface area contributed by atoms with Crippen LogP contribution in [0.4, 0.5) is 27.8 Å². The maximum absolute atomic E-state index is 13.4. The number of ether oxygens (including phenoxy) is 1. The minimum Gasteiger partial charge on any atom is -0.465 e. The van der Waals surface area contributed by atoms with Crippen LogP contribution in [0, 0.1) is 0 Å². The molecule has 9 heteroatoms. The first-order chi connectivity index (χ1) is 10.6. The fraction of sp³-hybridized carbons (Fsp3) is 0.571. The van der Waals surface area contributed by atoms with E-state index in [0.717, 1.165) is 13.2 Å². The lowest BCUT2D eigenvalue weighted by molar-refractivity contribution is -0.141. The number of hydrogen-bond donors (Lipinski definition) is 0. The minimum atomic E-state index is -4.70. The Bertz CT molecular complexity index is 589. The molecule has 0 amide bonds. The highest BCUT2D eigenvalue weighted by atomic mass is 19.4. The van der Waals surface area contributed by atoms with Crippen molar-refractivity contribution < 1.29 is 31.5 Å². The summed E-state index contributed by atoms with van der Waals surface area (Å²) in [4.78, 5) is 16.5. The molecule has 1 fully saturated rings. The number of nitrogens with zero attached hydrogens (tertiary/aromatic N) is 2. The molecule has 0 atom stereocenters. The number of carbonyl (C=O) groups is 1. The molecule has 1 saturated heterocycles. The predicted octanol–water partition coefficient (Wildman–Crippen LogP) is 3.51. The molecule has 1 aliphatic rings. The van der Waals surface area contributed by atoms with Crippen molar-refractivity contribution >= 4 is 11.8 Å². The van der Waals surface area contributed by atoms with Crippen molar-refractivity contribution in [3.63, 3.8) is 0 Å². The third kappa shape index (κ3) is 4.08. The quantitative estimate of drug-likeness (QED) is 0.611. The van der Waals surface area contributed by atoms with E-state index in [0.29, 0.717) is 6.07 Å². The SMILES string of the molecule is COC(=O)c1ccc(C(F)(F)F)nc1N1CCCC(F)(F)CC1. The Hall–Kier alpha value is -1.93. The van der Waals surface area contributed by atoms with Gasteiger partial charge in [0.2, 0.25) is 5.92 Å². The van der Waals surface area contributed by atoms with Crippen LogP contribution in [0.2, 0.25) is 0 Å². The van der Waals surface area contributed by atoms with Gasteiger partial charge in [-0.2, -0.15) is 13.2 Å². The molecular weight excluding hydrogens is 323 g/mol. The Balaban J connectivity index is 2.42. The second kappa shape index (κ2) is 6.29. The zero-order valence-electron chi connectivity index (χ0n) is 12.3. The summed E-state index contributed by atoms with van der Waals surface area (Å²) in [6.07, 6.45) is -5.47. The first-order valence-electron chi connectivity index (χ1n) is 6.93. The van der Waals surface area contributed by atoms with Crippen molar-refractivity contribution in [3.05, 3.63) is 23.4 Å². The molecule has 1 aromatic heterocycles. The number of alkyl halides is 5. The Morgan fingerprint density at radius 1 is 1.26 bits per heavy atom. The maximum Gasteiger partial charge on any atom is 0.433 e. The number of halogens is 5. The fourth-order valence-electron chi connectivity index (χ4n) is 2.39. The van der Waals surface area contributed by atoms with Gasteiger partial charge in [0, 0.05) is 25.9 Å². The lowest BCUT2D eigenvalue weighted by Crippen LogP contribution is -2.29. The summed E-state index contributed by atoms with van der Waals surface area (Å²) in [5.74, 6) is -4.01. The summed E-state index contributed by atoms with van der Waals surface area (Å²) in [6, 6.07) is 1.63. The Labute approximate surface area is 129 Å². The van der Waals surface area contributed by atoms with E-state index in [1.54, 1.807) is 0 Å². The predicted molar refractivity (Wildman–Crippen MR) is 71.6 cm³/mol. The van der Waals surface area contributed by atoms with Crippen molar-refractivity contribution in [3.8, 4) is 0 Å². The average molecular weight is 338 g/mol. The molecule has 0 unspecified atom stereocenters. The molecule has 2 heterocycles. The van der Waals surface area contributed by atoms with Crippen LogP contribution in [0.15, 0.2) is 12.1 Å². The maximum atomic E-state index is 13.4. The van der Waals surface area contributed by atoms with Gasteiger partial charge >= 0.3 is 12.1 Å². The number of methoxy groups -OCH3 is 1. The molecule has 0 radical (unpaired) electrons. The average Bonchev–Trinajstić information content (AvgIpc) is 2.65. The van der Waals surface area contributed by atoms with Gasteiger partial charge in [0.05, 0.1) is 7.11 Å². The van der Waals surface area contributed by atoms with E-state index in [-0.39, 0.29) is 37.3 Å². The first-order valence-corrected chi connectivity index (χ1v) is 6.93. The van der Waals surface area contributed by atoms with E-state index < -0.39 is 30.2 Å². The van der Waals surface area contributed by atoms with Crippen molar-refractivity contribution in [2.24, 2.45) is 0 Å². The summed E-state index contributed by atoms with van der Waals surface area (Å²) in [6.45, 7) is -0.0980. The topological polar surface area (TPSA) is 42.4 Å². The van der Waals surface area contributed by atoms with Crippen LogP contribution in [0.5, 0.6) is 0 Å². The number of hydrogen-bond acceptors (Lipinski definition) is 4. The molecule has 2 rings (SSSR count). The normalized spacial score (nSPS) is 18.4. The van der Waals surface area contributed by atoms with E-state index >= 15 is 0 Å². The van der Waals surface area contributed by atoms with Crippen LogP contribution in [0.25, 0.3) is 0 Å². The van der Waals surface area contributed by atoms with Gasteiger partial charge in [-0.1, -0.05) is 0 Å². The number of anilines is 1. The standard InChI is InChI=1S/C14H15F5N2O2/c1-23-12(22)9-3-4-10(14(17,18)19)20-11(9)21-7-2-5-13(15,16)6-8-21/h3-4H,2,5-8H2,1H3. The van der Waals surface area contributed by atoms with Crippen LogP contribution in [-0.4, -0.2) is 37.1 Å². The van der Waals surface area contributed by atoms with E-state index in [2.05, 4.69) is 9.72 Å². The van der Waals surface area contributed by atoms with E-state index in [1.807, 2.05) is 0 Å². The largest absolute Gasteiger partial charge is 0.465 e. The molecule has 4 nitrogen and oxygen atoms in total. The van der Waals surface area contributed by atoms with Crippen molar-refractivity contribution in [1.29, 1.82) is 0 Å².